The second-order valence-corrected chi connectivity index (χ2v) is 6.67. The zero-order valence-corrected chi connectivity index (χ0v) is 16.8. The molecule has 0 spiro atoms. The molecule has 0 bridgehead atoms. The number of ether oxygens (including phenoxy) is 1. The van der Waals surface area contributed by atoms with E-state index in [0.717, 1.165) is 6.42 Å². The Morgan fingerprint density at radius 2 is 1.59 bits per heavy atom. The van der Waals surface area contributed by atoms with Crippen molar-refractivity contribution in [2.75, 3.05) is 13.2 Å². The number of carbonyl (C=O) groups excluding carboxylic acids is 3. The Kier molecular flexibility index (Phi) is 9.33. The summed E-state index contributed by atoms with van der Waals surface area (Å²) in [5.74, 6) is -0.439. The van der Waals surface area contributed by atoms with Gasteiger partial charge in [-0.2, -0.15) is 0 Å². The Labute approximate surface area is 161 Å². The number of amides is 3. The summed E-state index contributed by atoms with van der Waals surface area (Å²) in [6.45, 7) is 10.2. The van der Waals surface area contributed by atoms with Crippen molar-refractivity contribution < 1.29 is 19.1 Å². The van der Waals surface area contributed by atoms with Crippen molar-refractivity contribution in [3.05, 3.63) is 29.8 Å². The Balaban J connectivity index is 2.72. The third-order valence-corrected chi connectivity index (χ3v) is 3.96. The monoisotopic (exact) mass is 377 g/mol. The topological polar surface area (TPSA) is 96.5 Å². The Hall–Kier alpha value is -2.57. The average molecular weight is 377 g/mol. The maximum atomic E-state index is 12.6. The molecule has 1 aromatic carbocycles. The first-order valence-corrected chi connectivity index (χ1v) is 9.41. The zero-order chi connectivity index (χ0) is 20.4. The zero-order valence-electron chi connectivity index (χ0n) is 16.8. The summed E-state index contributed by atoms with van der Waals surface area (Å²) in [4.78, 5) is 37.0. The highest BCUT2D eigenvalue weighted by molar-refractivity contribution is 5.98. The number of hydrogen-bond donors (Lipinski definition) is 3. The molecule has 0 fully saturated rings. The van der Waals surface area contributed by atoms with Crippen molar-refractivity contribution in [2.45, 2.75) is 53.1 Å². The van der Waals surface area contributed by atoms with Gasteiger partial charge in [-0.3, -0.25) is 14.4 Å². The van der Waals surface area contributed by atoms with Gasteiger partial charge >= 0.3 is 0 Å². The highest BCUT2D eigenvalue weighted by atomic mass is 16.5. The maximum absolute atomic E-state index is 12.6. The molecule has 0 unspecified atom stereocenters. The van der Waals surface area contributed by atoms with Gasteiger partial charge in [-0.15, -0.1) is 0 Å². The van der Waals surface area contributed by atoms with Crippen molar-refractivity contribution in [3.8, 4) is 5.75 Å². The van der Waals surface area contributed by atoms with E-state index in [0.29, 0.717) is 24.5 Å². The molecule has 0 aliphatic rings. The summed E-state index contributed by atoms with van der Waals surface area (Å²) >= 11 is 0. The van der Waals surface area contributed by atoms with Crippen LogP contribution < -0.4 is 20.7 Å². The lowest BCUT2D eigenvalue weighted by Crippen LogP contribution is -2.54. The second kappa shape index (κ2) is 11.2. The van der Waals surface area contributed by atoms with Crippen molar-refractivity contribution in [1.29, 1.82) is 0 Å². The van der Waals surface area contributed by atoms with Gasteiger partial charge in [0.15, 0.2) is 0 Å². The van der Waals surface area contributed by atoms with Crippen LogP contribution in [0.3, 0.4) is 0 Å². The molecule has 2 atom stereocenters. The second-order valence-electron chi connectivity index (χ2n) is 6.67. The minimum absolute atomic E-state index is 0.137. The van der Waals surface area contributed by atoms with Crippen molar-refractivity contribution >= 4 is 17.7 Å². The largest absolute Gasteiger partial charge is 0.494 e. The van der Waals surface area contributed by atoms with Gasteiger partial charge in [0.2, 0.25) is 11.8 Å². The van der Waals surface area contributed by atoms with Crippen molar-refractivity contribution in [3.63, 3.8) is 0 Å². The molecule has 1 rings (SSSR count). The van der Waals surface area contributed by atoms with Crippen LogP contribution in [0.1, 0.15) is 51.4 Å². The minimum Gasteiger partial charge on any atom is -0.494 e. The summed E-state index contributed by atoms with van der Waals surface area (Å²) in [6.07, 6.45) is 0.819. The summed E-state index contributed by atoms with van der Waals surface area (Å²) < 4.78 is 5.36. The normalized spacial score (nSPS) is 12.8. The lowest BCUT2D eigenvalue weighted by Gasteiger charge is -2.24. The SMILES string of the molecule is CCCNC(=O)[C@H](C)NC(=O)[C@@H](NC(=O)c1ccc(OCC)cc1)C(C)C. The van der Waals surface area contributed by atoms with Gasteiger partial charge in [0.25, 0.3) is 5.91 Å². The first-order valence-electron chi connectivity index (χ1n) is 9.41. The maximum Gasteiger partial charge on any atom is 0.251 e. The molecule has 0 saturated heterocycles. The van der Waals surface area contributed by atoms with Gasteiger partial charge in [0.05, 0.1) is 6.61 Å². The standard InChI is InChI=1S/C20H31N3O4/c1-6-12-21-18(24)14(5)22-20(26)17(13(3)4)23-19(25)15-8-10-16(11-9-15)27-7-2/h8-11,13-14,17H,6-7,12H2,1-5H3,(H,21,24)(H,22,26)(H,23,25)/t14-,17-/m0/s1. The molecule has 0 saturated carbocycles. The third-order valence-electron chi connectivity index (χ3n) is 3.96. The van der Waals surface area contributed by atoms with E-state index in [4.69, 9.17) is 4.74 Å². The van der Waals surface area contributed by atoms with E-state index in [2.05, 4.69) is 16.0 Å². The number of benzene rings is 1. The highest BCUT2D eigenvalue weighted by Gasteiger charge is 2.27. The van der Waals surface area contributed by atoms with Gasteiger partial charge in [0.1, 0.15) is 17.8 Å². The van der Waals surface area contributed by atoms with Crippen LogP contribution in [0, 0.1) is 5.92 Å². The van der Waals surface area contributed by atoms with Crippen LogP contribution in [0.5, 0.6) is 5.75 Å². The van der Waals surface area contributed by atoms with Crippen molar-refractivity contribution in [1.82, 2.24) is 16.0 Å². The summed E-state index contributed by atoms with van der Waals surface area (Å²) in [5.41, 5.74) is 0.436. The lowest BCUT2D eigenvalue weighted by atomic mass is 10.0. The van der Waals surface area contributed by atoms with Crippen LogP contribution in [-0.4, -0.2) is 43.0 Å². The van der Waals surface area contributed by atoms with E-state index in [9.17, 15) is 14.4 Å². The van der Waals surface area contributed by atoms with E-state index in [1.165, 1.54) is 0 Å². The molecule has 0 radical (unpaired) electrons. The fourth-order valence-corrected chi connectivity index (χ4v) is 2.40. The van der Waals surface area contributed by atoms with Gasteiger partial charge in [-0.1, -0.05) is 20.8 Å². The predicted octanol–water partition coefficient (Wildman–Crippen LogP) is 1.87. The quantitative estimate of drug-likeness (QED) is 0.580. The van der Waals surface area contributed by atoms with Crippen LogP contribution in [-0.2, 0) is 9.59 Å². The molecular formula is C20H31N3O4. The number of carbonyl (C=O) groups is 3. The summed E-state index contributed by atoms with van der Waals surface area (Å²) in [6, 6.07) is 5.30. The molecule has 1 aromatic rings. The molecule has 0 aliphatic heterocycles. The molecule has 27 heavy (non-hydrogen) atoms. The summed E-state index contributed by atoms with van der Waals surface area (Å²) in [7, 11) is 0. The van der Waals surface area contributed by atoms with E-state index in [-0.39, 0.29) is 23.6 Å². The van der Waals surface area contributed by atoms with Crippen molar-refractivity contribution in [2.24, 2.45) is 5.92 Å². The fourth-order valence-electron chi connectivity index (χ4n) is 2.40. The van der Waals surface area contributed by atoms with Gasteiger partial charge in [0, 0.05) is 12.1 Å². The van der Waals surface area contributed by atoms with E-state index in [1.54, 1.807) is 31.2 Å². The molecule has 3 amide bonds. The first kappa shape index (κ1) is 22.5. The van der Waals surface area contributed by atoms with Crippen LogP contribution in [0.2, 0.25) is 0 Å². The molecule has 150 valence electrons. The average Bonchev–Trinajstić information content (AvgIpc) is 2.64. The first-order chi connectivity index (χ1) is 12.8. The van der Waals surface area contributed by atoms with Gasteiger partial charge < -0.3 is 20.7 Å². The minimum atomic E-state index is -0.745. The van der Waals surface area contributed by atoms with Crippen LogP contribution in [0.25, 0.3) is 0 Å². The number of nitrogens with one attached hydrogen (secondary N) is 3. The Bertz CT molecular complexity index is 629. The molecule has 7 heteroatoms. The molecular weight excluding hydrogens is 346 g/mol. The van der Waals surface area contributed by atoms with E-state index in [1.807, 2.05) is 27.7 Å². The molecule has 0 heterocycles. The van der Waals surface area contributed by atoms with E-state index >= 15 is 0 Å². The molecule has 0 aliphatic carbocycles. The van der Waals surface area contributed by atoms with Gasteiger partial charge in [-0.25, -0.2) is 0 Å². The van der Waals surface area contributed by atoms with Crippen LogP contribution in [0.15, 0.2) is 24.3 Å². The highest BCUT2D eigenvalue weighted by Crippen LogP contribution is 2.13. The number of hydrogen-bond acceptors (Lipinski definition) is 4. The fraction of sp³-hybridized carbons (Fsp3) is 0.550. The van der Waals surface area contributed by atoms with E-state index < -0.39 is 12.1 Å². The van der Waals surface area contributed by atoms with Crippen LogP contribution >= 0.6 is 0 Å². The lowest BCUT2D eigenvalue weighted by molar-refractivity contribution is -0.130. The number of rotatable bonds is 10. The molecule has 7 nitrogen and oxygen atoms in total. The molecule has 3 N–H and O–H groups in total. The third kappa shape index (κ3) is 7.29. The Morgan fingerprint density at radius 1 is 0.963 bits per heavy atom. The Morgan fingerprint density at radius 3 is 2.11 bits per heavy atom. The predicted molar refractivity (Wildman–Crippen MR) is 105 cm³/mol. The summed E-state index contributed by atoms with van der Waals surface area (Å²) in [5, 5.41) is 8.15. The smallest absolute Gasteiger partial charge is 0.251 e. The van der Waals surface area contributed by atoms with Crippen LogP contribution in [0.4, 0.5) is 0 Å². The van der Waals surface area contributed by atoms with Gasteiger partial charge in [-0.05, 0) is 50.5 Å². The molecule has 0 aromatic heterocycles.